The molecule has 0 saturated carbocycles. The highest BCUT2D eigenvalue weighted by molar-refractivity contribution is 7.99. The van der Waals surface area contributed by atoms with Gasteiger partial charge in [0.1, 0.15) is 12.2 Å². The molecule has 6 heteroatoms. The Morgan fingerprint density at radius 2 is 2.47 bits per heavy atom. The first kappa shape index (κ1) is 11.5. The first-order valence-electron chi connectivity index (χ1n) is 6.27. The predicted molar refractivity (Wildman–Crippen MR) is 68.7 cm³/mol. The van der Waals surface area contributed by atoms with Gasteiger partial charge in [0.25, 0.3) is 0 Å². The lowest BCUT2D eigenvalue weighted by Gasteiger charge is -2.36. The summed E-state index contributed by atoms with van der Waals surface area (Å²) in [5.41, 5.74) is 5.98. The summed E-state index contributed by atoms with van der Waals surface area (Å²) in [5.74, 6) is 4.41. The molecule has 1 saturated heterocycles. The fourth-order valence-corrected chi connectivity index (χ4v) is 4.19. The number of fused-ring (bicyclic) bond motifs is 1. The fourth-order valence-electron chi connectivity index (χ4n) is 2.86. The van der Waals surface area contributed by atoms with E-state index in [-0.39, 0.29) is 0 Å². The van der Waals surface area contributed by atoms with Crippen molar-refractivity contribution in [3.05, 3.63) is 12.2 Å². The van der Waals surface area contributed by atoms with Crippen molar-refractivity contribution in [2.24, 2.45) is 11.7 Å². The Balaban J connectivity index is 1.71. The molecule has 3 rings (SSSR count). The van der Waals surface area contributed by atoms with Crippen molar-refractivity contribution in [2.45, 2.75) is 25.6 Å². The zero-order chi connectivity index (χ0) is 11.7. The van der Waals surface area contributed by atoms with Gasteiger partial charge in [-0.25, -0.2) is 0 Å². The second-order valence-electron chi connectivity index (χ2n) is 4.84. The van der Waals surface area contributed by atoms with E-state index in [1.165, 1.54) is 17.9 Å². The maximum atomic E-state index is 5.98. The molecule has 1 aromatic rings. The minimum Gasteiger partial charge on any atom is -0.329 e. The van der Waals surface area contributed by atoms with Crippen LogP contribution in [0, 0.1) is 5.92 Å². The fraction of sp³-hybridized carbons (Fsp3) is 0.818. The van der Waals surface area contributed by atoms with Gasteiger partial charge in [0.05, 0.1) is 6.54 Å². The minimum absolute atomic E-state index is 0.524. The lowest BCUT2D eigenvalue weighted by molar-refractivity contribution is 0.119. The average molecular weight is 253 g/mol. The molecule has 0 radical (unpaired) electrons. The van der Waals surface area contributed by atoms with Gasteiger partial charge in [-0.05, 0) is 23.8 Å². The molecule has 0 aliphatic carbocycles. The molecular formula is C11H19N5S. The van der Waals surface area contributed by atoms with E-state index in [4.69, 9.17) is 5.73 Å². The molecule has 1 aromatic heterocycles. The summed E-state index contributed by atoms with van der Waals surface area (Å²) < 4.78 is 2.15. The van der Waals surface area contributed by atoms with Crippen LogP contribution in [-0.2, 0) is 13.1 Å². The van der Waals surface area contributed by atoms with Gasteiger partial charge in [0.15, 0.2) is 0 Å². The van der Waals surface area contributed by atoms with Crippen LogP contribution in [0.15, 0.2) is 6.33 Å². The van der Waals surface area contributed by atoms with Gasteiger partial charge in [-0.3, -0.25) is 4.90 Å². The molecule has 94 valence electrons. The van der Waals surface area contributed by atoms with E-state index in [0.29, 0.717) is 6.04 Å². The van der Waals surface area contributed by atoms with E-state index in [1.54, 1.807) is 0 Å². The van der Waals surface area contributed by atoms with Gasteiger partial charge in [0, 0.05) is 25.7 Å². The highest BCUT2D eigenvalue weighted by Gasteiger charge is 2.31. The van der Waals surface area contributed by atoms with Crippen molar-refractivity contribution in [1.82, 2.24) is 19.7 Å². The molecule has 1 fully saturated rings. The first-order chi connectivity index (χ1) is 8.38. The Bertz CT molecular complexity index is 374. The number of nitrogens with zero attached hydrogens (tertiary/aromatic N) is 4. The topological polar surface area (TPSA) is 60.0 Å². The third-order valence-electron chi connectivity index (χ3n) is 3.89. The molecule has 0 aromatic carbocycles. The lowest BCUT2D eigenvalue weighted by Crippen LogP contribution is -2.48. The quantitative estimate of drug-likeness (QED) is 0.832. The molecule has 0 bridgehead atoms. The van der Waals surface area contributed by atoms with Crippen LogP contribution in [0.25, 0.3) is 0 Å². The van der Waals surface area contributed by atoms with Crippen molar-refractivity contribution in [3.8, 4) is 0 Å². The van der Waals surface area contributed by atoms with Gasteiger partial charge < -0.3 is 10.3 Å². The third kappa shape index (κ3) is 2.21. The highest BCUT2D eigenvalue weighted by Crippen LogP contribution is 2.29. The number of nitrogens with two attached hydrogens (primary N) is 1. The van der Waals surface area contributed by atoms with E-state index in [2.05, 4.69) is 31.4 Å². The predicted octanol–water partition coefficient (Wildman–Crippen LogP) is 0.174. The molecule has 0 spiro atoms. The smallest absolute Gasteiger partial charge is 0.147 e. The third-order valence-corrected chi connectivity index (χ3v) is 5.08. The van der Waals surface area contributed by atoms with E-state index < -0.39 is 0 Å². The Labute approximate surface area is 106 Å². The van der Waals surface area contributed by atoms with Crippen molar-refractivity contribution in [2.75, 3.05) is 24.6 Å². The van der Waals surface area contributed by atoms with Gasteiger partial charge in [0.2, 0.25) is 0 Å². The van der Waals surface area contributed by atoms with Gasteiger partial charge in [-0.1, -0.05) is 0 Å². The van der Waals surface area contributed by atoms with Crippen LogP contribution in [0.5, 0.6) is 0 Å². The summed E-state index contributed by atoms with van der Waals surface area (Å²) >= 11 is 2.06. The molecule has 2 unspecified atom stereocenters. The summed E-state index contributed by atoms with van der Waals surface area (Å²) in [5, 5.41) is 8.15. The minimum atomic E-state index is 0.524. The Morgan fingerprint density at radius 3 is 3.24 bits per heavy atom. The van der Waals surface area contributed by atoms with Crippen LogP contribution < -0.4 is 5.73 Å². The van der Waals surface area contributed by atoms with Crippen LogP contribution in [-0.4, -0.2) is 50.3 Å². The second-order valence-corrected chi connectivity index (χ2v) is 5.99. The van der Waals surface area contributed by atoms with Crippen LogP contribution in [0.2, 0.25) is 0 Å². The average Bonchev–Trinajstić information content (AvgIpc) is 2.99. The number of hydrogen-bond donors (Lipinski definition) is 1. The number of aromatic nitrogens is 3. The molecule has 5 nitrogen and oxygen atoms in total. The summed E-state index contributed by atoms with van der Waals surface area (Å²) in [6, 6.07) is 0.524. The molecule has 17 heavy (non-hydrogen) atoms. The molecule has 0 amide bonds. The van der Waals surface area contributed by atoms with Gasteiger partial charge in [-0.15, -0.1) is 10.2 Å². The van der Waals surface area contributed by atoms with Crippen molar-refractivity contribution in [3.63, 3.8) is 0 Å². The molecule has 2 aliphatic heterocycles. The van der Waals surface area contributed by atoms with Crippen molar-refractivity contribution in [1.29, 1.82) is 0 Å². The molecule has 3 heterocycles. The molecule has 2 N–H and O–H groups in total. The highest BCUT2D eigenvalue weighted by atomic mass is 32.2. The van der Waals surface area contributed by atoms with E-state index in [9.17, 15) is 0 Å². The second kappa shape index (κ2) is 4.96. The standard InChI is InChI=1S/C11H19N5S/c12-5-10(9-1-4-17-7-9)15-2-3-16-8-13-14-11(16)6-15/h8-10H,1-7,12H2. The monoisotopic (exact) mass is 253 g/mol. The largest absolute Gasteiger partial charge is 0.329 e. The van der Waals surface area contributed by atoms with Crippen LogP contribution in [0.3, 0.4) is 0 Å². The van der Waals surface area contributed by atoms with Gasteiger partial charge in [-0.2, -0.15) is 11.8 Å². The summed E-state index contributed by atoms with van der Waals surface area (Å²) in [7, 11) is 0. The molecular weight excluding hydrogens is 234 g/mol. The SMILES string of the molecule is NCC(C1CCSC1)N1CCn2cnnc2C1. The zero-order valence-electron chi connectivity index (χ0n) is 9.96. The number of rotatable bonds is 3. The lowest BCUT2D eigenvalue weighted by atomic mass is 9.97. The first-order valence-corrected chi connectivity index (χ1v) is 7.42. The molecule has 2 aliphatic rings. The van der Waals surface area contributed by atoms with Crippen molar-refractivity contribution >= 4 is 11.8 Å². The van der Waals surface area contributed by atoms with E-state index >= 15 is 0 Å². The number of thioether (sulfide) groups is 1. The van der Waals surface area contributed by atoms with E-state index in [1.807, 2.05) is 6.33 Å². The normalized spacial score (nSPS) is 27.0. The molecule has 2 atom stereocenters. The maximum absolute atomic E-state index is 5.98. The number of hydrogen-bond acceptors (Lipinski definition) is 5. The van der Waals surface area contributed by atoms with Crippen LogP contribution in [0.1, 0.15) is 12.2 Å². The summed E-state index contributed by atoms with van der Waals surface area (Å²) in [6.45, 7) is 3.75. The Morgan fingerprint density at radius 1 is 1.53 bits per heavy atom. The van der Waals surface area contributed by atoms with Crippen LogP contribution in [0.4, 0.5) is 0 Å². The van der Waals surface area contributed by atoms with E-state index in [0.717, 1.165) is 37.9 Å². The Hall–Kier alpha value is -0.590. The van der Waals surface area contributed by atoms with Crippen molar-refractivity contribution < 1.29 is 0 Å². The Kier molecular flexibility index (Phi) is 3.35. The summed E-state index contributed by atoms with van der Waals surface area (Å²) in [6.07, 6.45) is 3.14. The zero-order valence-corrected chi connectivity index (χ0v) is 10.8. The van der Waals surface area contributed by atoms with Gasteiger partial charge >= 0.3 is 0 Å². The van der Waals surface area contributed by atoms with Crippen LogP contribution >= 0.6 is 11.8 Å². The maximum Gasteiger partial charge on any atom is 0.147 e. The summed E-state index contributed by atoms with van der Waals surface area (Å²) in [4.78, 5) is 2.50.